The molecule has 1 unspecified atom stereocenters. The highest BCUT2D eigenvalue weighted by molar-refractivity contribution is 9.09. The summed E-state index contributed by atoms with van der Waals surface area (Å²) in [5.41, 5.74) is 2.86. The third-order valence-corrected chi connectivity index (χ3v) is 6.13. The smallest absolute Gasteiger partial charge is 0.119 e. The minimum Gasteiger partial charge on any atom is -0.494 e. The average Bonchev–Trinajstić information content (AvgIpc) is 3.00. The van der Waals surface area contributed by atoms with Gasteiger partial charge >= 0.3 is 0 Å². The fourth-order valence-corrected chi connectivity index (χ4v) is 4.52. The SMILES string of the molecule is CCOc1ccc(C(Br)c2cc3c(s2)CCC3)cc1. The molecule has 0 radical (unpaired) electrons. The first kappa shape index (κ1) is 13.2. The Bertz CT molecular complexity index is 537. The van der Waals surface area contributed by atoms with E-state index in [0.29, 0.717) is 11.4 Å². The van der Waals surface area contributed by atoms with Crippen molar-refractivity contribution in [2.24, 2.45) is 0 Å². The van der Waals surface area contributed by atoms with E-state index >= 15 is 0 Å². The zero-order chi connectivity index (χ0) is 13.2. The molecular weight excluding hydrogens is 320 g/mol. The molecule has 1 aromatic carbocycles. The third-order valence-electron chi connectivity index (χ3n) is 3.50. The maximum atomic E-state index is 5.48. The van der Waals surface area contributed by atoms with E-state index in [9.17, 15) is 0 Å². The van der Waals surface area contributed by atoms with Crippen LogP contribution in [-0.4, -0.2) is 6.61 Å². The minimum absolute atomic E-state index is 0.304. The molecule has 3 heteroatoms. The van der Waals surface area contributed by atoms with E-state index in [1.165, 1.54) is 29.7 Å². The lowest BCUT2D eigenvalue weighted by Gasteiger charge is -2.09. The van der Waals surface area contributed by atoms with Crippen molar-refractivity contribution in [2.75, 3.05) is 6.61 Å². The molecule has 0 spiro atoms. The van der Waals surface area contributed by atoms with E-state index in [1.54, 1.807) is 10.4 Å². The molecule has 0 saturated heterocycles. The lowest BCUT2D eigenvalue weighted by atomic mass is 10.1. The van der Waals surface area contributed by atoms with Crippen LogP contribution in [0.3, 0.4) is 0 Å². The molecule has 0 aliphatic heterocycles. The molecule has 0 N–H and O–H groups in total. The lowest BCUT2D eigenvalue weighted by Crippen LogP contribution is -1.93. The number of ether oxygens (including phenoxy) is 1. The Morgan fingerprint density at radius 3 is 2.74 bits per heavy atom. The van der Waals surface area contributed by atoms with Gasteiger partial charge in [-0.3, -0.25) is 0 Å². The monoisotopic (exact) mass is 336 g/mol. The second kappa shape index (κ2) is 5.68. The fraction of sp³-hybridized carbons (Fsp3) is 0.375. The Morgan fingerprint density at radius 1 is 1.26 bits per heavy atom. The van der Waals surface area contributed by atoms with Crippen molar-refractivity contribution in [3.8, 4) is 5.75 Å². The molecule has 1 heterocycles. The van der Waals surface area contributed by atoms with Gasteiger partial charge in [0.1, 0.15) is 5.75 Å². The largest absolute Gasteiger partial charge is 0.494 e. The van der Waals surface area contributed by atoms with Crippen LogP contribution in [0.15, 0.2) is 30.3 Å². The normalized spacial score (nSPS) is 15.3. The van der Waals surface area contributed by atoms with E-state index in [-0.39, 0.29) is 0 Å². The van der Waals surface area contributed by atoms with Crippen molar-refractivity contribution in [3.63, 3.8) is 0 Å². The zero-order valence-corrected chi connectivity index (χ0v) is 13.4. The second-order valence-corrected chi connectivity index (χ2v) is 6.90. The van der Waals surface area contributed by atoms with Gasteiger partial charge in [0, 0.05) is 9.75 Å². The minimum atomic E-state index is 0.304. The van der Waals surface area contributed by atoms with E-state index in [4.69, 9.17) is 4.74 Å². The molecule has 0 saturated carbocycles. The van der Waals surface area contributed by atoms with Crippen molar-refractivity contribution < 1.29 is 4.74 Å². The maximum Gasteiger partial charge on any atom is 0.119 e. The number of aryl methyl sites for hydroxylation is 2. The highest BCUT2D eigenvalue weighted by atomic mass is 79.9. The van der Waals surface area contributed by atoms with Crippen molar-refractivity contribution in [1.29, 1.82) is 0 Å². The van der Waals surface area contributed by atoms with Crippen molar-refractivity contribution in [1.82, 2.24) is 0 Å². The summed E-state index contributed by atoms with van der Waals surface area (Å²) >= 11 is 5.79. The van der Waals surface area contributed by atoms with Gasteiger partial charge in [-0.05, 0) is 55.5 Å². The lowest BCUT2D eigenvalue weighted by molar-refractivity contribution is 0.340. The molecule has 0 fully saturated rings. The average molecular weight is 337 g/mol. The molecule has 19 heavy (non-hydrogen) atoms. The van der Waals surface area contributed by atoms with Crippen molar-refractivity contribution in [3.05, 3.63) is 51.2 Å². The molecule has 0 bridgehead atoms. The second-order valence-electron chi connectivity index (χ2n) is 4.82. The van der Waals surface area contributed by atoms with E-state index in [1.807, 2.05) is 30.4 Å². The van der Waals surface area contributed by atoms with Gasteiger partial charge in [0.05, 0.1) is 11.4 Å². The summed E-state index contributed by atoms with van der Waals surface area (Å²) in [6.07, 6.45) is 3.86. The Balaban J connectivity index is 1.80. The summed E-state index contributed by atoms with van der Waals surface area (Å²) in [7, 11) is 0. The summed E-state index contributed by atoms with van der Waals surface area (Å²) in [5, 5.41) is 0. The topological polar surface area (TPSA) is 9.23 Å². The molecule has 2 aromatic rings. The number of rotatable bonds is 4. The fourth-order valence-electron chi connectivity index (χ4n) is 2.54. The van der Waals surface area contributed by atoms with Crippen LogP contribution in [0.25, 0.3) is 0 Å². The summed E-state index contributed by atoms with van der Waals surface area (Å²) in [6.45, 7) is 2.73. The summed E-state index contributed by atoms with van der Waals surface area (Å²) < 4.78 is 5.48. The van der Waals surface area contributed by atoms with Crippen LogP contribution in [0.2, 0.25) is 0 Å². The standard InChI is InChI=1S/C16H17BrOS/c1-2-18-13-8-6-11(7-9-13)16(17)15-10-12-4-3-5-14(12)19-15/h6-10,16H,2-5H2,1H3. The molecule has 1 atom stereocenters. The number of alkyl halides is 1. The molecule has 1 aliphatic rings. The molecule has 1 aromatic heterocycles. The third kappa shape index (κ3) is 2.72. The number of fused-ring (bicyclic) bond motifs is 1. The van der Waals surface area contributed by atoms with Gasteiger partial charge in [-0.2, -0.15) is 0 Å². The Hall–Kier alpha value is -0.800. The van der Waals surface area contributed by atoms with Gasteiger partial charge < -0.3 is 4.74 Å². The number of thiophene rings is 1. The van der Waals surface area contributed by atoms with Crippen LogP contribution in [0.1, 0.15) is 39.1 Å². The van der Waals surface area contributed by atoms with E-state index < -0.39 is 0 Å². The van der Waals surface area contributed by atoms with Crippen LogP contribution < -0.4 is 4.74 Å². The predicted molar refractivity (Wildman–Crippen MR) is 84.7 cm³/mol. The molecular formula is C16H17BrOS. The molecule has 100 valence electrons. The van der Waals surface area contributed by atoms with Gasteiger partial charge in [-0.15, -0.1) is 11.3 Å². The van der Waals surface area contributed by atoms with Crippen LogP contribution in [0.5, 0.6) is 5.75 Å². The summed E-state index contributed by atoms with van der Waals surface area (Å²) in [4.78, 5) is 3.32. The number of hydrogen-bond donors (Lipinski definition) is 0. The van der Waals surface area contributed by atoms with Crippen LogP contribution in [0, 0.1) is 0 Å². The maximum absolute atomic E-state index is 5.48. The Labute approximate surface area is 126 Å². The highest BCUT2D eigenvalue weighted by Crippen LogP contribution is 2.40. The first-order valence-corrected chi connectivity index (χ1v) is 8.49. The van der Waals surface area contributed by atoms with Gasteiger partial charge in [-0.25, -0.2) is 0 Å². The Kier molecular flexibility index (Phi) is 3.94. The van der Waals surface area contributed by atoms with Crippen LogP contribution in [-0.2, 0) is 12.8 Å². The van der Waals surface area contributed by atoms with Gasteiger partial charge in [0.2, 0.25) is 0 Å². The summed E-state index contributed by atoms with van der Waals surface area (Å²) in [6, 6.07) is 10.8. The van der Waals surface area contributed by atoms with Gasteiger partial charge in [-0.1, -0.05) is 28.1 Å². The number of hydrogen-bond acceptors (Lipinski definition) is 2. The predicted octanol–water partition coefficient (Wildman–Crippen LogP) is 5.12. The molecule has 3 rings (SSSR count). The quantitative estimate of drug-likeness (QED) is 0.704. The van der Waals surface area contributed by atoms with Gasteiger partial charge in [0.25, 0.3) is 0 Å². The first-order chi connectivity index (χ1) is 9.28. The van der Waals surface area contributed by atoms with Crippen molar-refractivity contribution >= 4 is 27.3 Å². The van der Waals surface area contributed by atoms with Gasteiger partial charge in [0.15, 0.2) is 0 Å². The van der Waals surface area contributed by atoms with E-state index in [0.717, 1.165) is 5.75 Å². The summed E-state index contributed by atoms with van der Waals surface area (Å²) in [5.74, 6) is 0.944. The zero-order valence-electron chi connectivity index (χ0n) is 11.0. The first-order valence-electron chi connectivity index (χ1n) is 6.76. The van der Waals surface area contributed by atoms with Crippen molar-refractivity contribution in [2.45, 2.75) is 31.0 Å². The molecule has 1 nitrogen and oxygen atoms in total. The number of halogens is 1. The highest BCUT2D eigenvalue weighted by Gasteiger charge is 2.19. The Morgan fingerprint density at radius 2 is 2.05 bits per heavy atom. The molecule has 0 amide bonds. The van der Waals surface area contributed by atoms with Crippen LogP contribution in [0.4, 0.5) is 0 Å². The number of benzene rings is 1. The van der Waals surface area contributed by atoms with E-state index in [2.05, 4.69) is 34.1 Å². The molecule has 1 aliphatic carbocycles. The van der Waals surface area contributed by atoms with Crippen LogP contribution >= 0.6 is 27.3 Å².